The first-order valence-corrected chi connectivity index (χ1v) is 6.09. The SMILES string of the molecule is Cc1cccnc1CN(C)C1CCCNC1. The number of aromatic nitrogens is 1. The van der Waals surface area contributed by atoms with E-state index in [4.69, 9.17) is 0 Å². The van der Waals surface area contributed by atoms with Crippen molar-refractivity contribution < 1.29 is 0 Å². The second-order valence-electron chi connectivity index (χ2n) is 4.68. The van der Waals surface area contributed by atoms with Crippen LogP contribution in [0.3, 0.4) is 0 Å². The molecule has 88 valence electrons. The maximum absolute atomic E-state index is 4.45. The van der Waals surface area contributed by atoms with Gasteiger partial charge in [-0.15, -0.1) is 0 Å². The van der Waals surface area contributed by atoms with Crippen LogP contribution >= 0.6 is 0 Å². The van der Waals surface area contributed by atoms with Gasteiger partial charge in [-0.05, 0) is 45.0 Å². The van der Waals surface area contributed by atoms with Gasteiger partial charge < -0.3 is 5.32 Å². The lowest BCUT2D eigenvalue weighted by atomic mass is 10.1. The number of likely N-dealkylation sites (N-methyl/N-ethyl adjacent to an activating group) is 1. The second-order valence-corrected chi connectivity index (χ2v) is 4.68. The average molecular weight is 219 g/mol. The van der Waals surface area contributed by atoms with Crippen LogP contribution < -0.4 is 5.32 Å². The van der Waals surface area contributed by atoms with Crippen LogP contribution in [0.5, 0.6) is 0 Å². The lowest BCUT2D eigenvalue weighted by Crippen LogP contribution is -2.43. The molecule has 1 N–H and O–H groups in total. The number of pyridine rings is 1. The highest BCUT2D eigenvalue weighted by Gasteiger charge is 2.18. The van der Waals surface area contributed by atoms with E-state index in [1.54, 1.807) is 0 Å². The van der Waals surface area contributed by atoms with Crippen LogP contribution in [0.1, 0.15) is 24.1 Å². The second kappa shape index (κ2) is 5.41. The summed E-state index contributed by atoms with van der Waals surface area (Å²) in [5.41, 5.74) is 2.49. The first-order chi connectivity index (χ1) is 7.77. The summed E-state index contributed by atoms with van der Waals surface area (Å²) in [5.74, 6) is 0. The zero-order valence-electron chi connectivity index (χ0n) is 10.2. The van der Waals surface area contributed by atoms with Crippen LogP contribution in [0.25, 0.3) is 0 Å². The summed E-state index contributed by atoms with van der Waals surface area (Å²) in [4.78, 5) is 6.87. The Balaban J connectivity index is 1.96. The maximum atomic E-state index is 4.45. The standard InChI is InChI=1S/C13H21N3/c1-11-5-3-8-15-13(11)10-16(2)12-6-4-7-14-9-12/h3,5,8,12,14H,4,6-7,9-10H2,1-2H3. The van der Waals surface area contributed by atoms with E-state index in [1.165, 1.54) is 30.6 Å². The predicted molar refractivity (Wildman–Crippen MR) is 66.3 cm³/mol. The zero-order chi connectivity index (χ0) is 11.4. The summed E-state index contributed by atoms with van der Waals surface area (Å²) in [7, 11) is 2.20. The number of nitrogens with one attached hydrogen (secondary N) is 1. The van der Waals surface area contributed by atoms with Crippen LogP contribution in [0.15, 0.2) is 18.3 Å². The molecule has 1 aliphatic rings. The molecule has 0 bridgehead atoms. The molecule has 1 aromatic heterocycles. The van der Waals surface area contributed by atoms with Crippen LogP contribution in [0.2, 0.25) is 0 Å². The van der Waals surface area contributed by atoms with Gasteiger partial charge in [0.25, 0.3) is 0 Å². The lowest BCUT2D eigenvalue weighted by Gasteiger charge is -2.31. The van der Waals surface area contributed by atoms with Gasteiger partial charge in [-0.1, -0.05) is 6.07 Å². The van der Waals surface area contributed by atoms with E-state index in [1.807, 2.05) is 12.3 Å². The summed E-state index contributed by atoms with van der Waals surface area (Å²) in [6.07, 6.45) is 4.47. The van der Waals surface area contributed by atoms with Gasteiger partial charge in [-0.25, -0.2) is 0 Å². The topological polar surface area (TPSA) is 28.2 Å². The normalized spacial score (nSPS) is 21.3. The Bertz CT molecular complexity index is 332. The molecule has 3 heteroatoms. The fourth-order valence-corrected chi connectivity index (χ4v) is 2.26. The number of hydrogen-bond donors (Lipinski definition) is 1. The third kappa shape index (κ3) is 2.80. The molecule has 1 aliphatic heterocycles. The summed E-state index contributed by atoms with van der Waals surface area (Å²) < 4.78 is 0. The minimum absolute atomic E-state index is 0.662. The van der Waals surface area contributed by atoms with E-state index in [2.05, 4.69) is 35.2 Å². The number of hydrogen-bond acceptors (Lipinski definition) is 3. The average Bonchev–Trinajstić information content (AvgIpc) is 2.33. The van der Waals surface area contributed by atoms with Gasteiger partial charge in [0.05, 0.1) is 5.69 Å². The Morgan fingerprint density at radius 2 is 2.44 bits per heavy atom. The van der Waals surface area contributed by atoms with E-state index >= 15 is 0 Å². The Hall–Kier alpha value is -0.930. The summed E-state index contributed by atoms with van der Waals surface area (Å²) in [6, 6.07) is 4.80. The number of piperidine rings is 1. The molecule has 2 rings (SSSR count). The molecular formula is C13H21N3. The van der Waals surface area contributed by atoms with Gasteiger partial charge in [-0.2, -0.15) is 0 Å². The summed E-state index contributed by atoms with van der Waals surface area (Å²) in [6.45, 7) is 5.38. The first kappa shape index (κ1) is 11.6. The zero-order valence-corrected chi connectivity index (χ0v) is 10.2. The molecule has 1 fully saturated rings. The van der Waals surface area contributed by atoms with Crippen molar-refractivity contribution in [3.8, 4) is 0 Å². The largest absolute Gasteiger partial charge is 0.315 e. The number of nitrogens with zero attached hydrogens (tertiary/aromatic N) is 2. The van der Waals surface area contributed by atoms with Crippen molar-refractivity contribution in [3.63, 3.8) is 0 Å². The van der Waals surface area contributed by atoms with Crippen LogP contribution in [0, 0.1) is 6.92 Å². The maximum Gasteiger partial charge on any atom is 0.0573 e. The summed E-state index contributed by atoms with van der Waals surface area (Å²) in [5, 5.41) is 3.45. The van der Waals surface area contributed by atoms with Crippen LogP contribution in [0.4, 0.5) is 0 Å². The molecular weight excluding hydrogens is 198 g/mol. The van der Waals surface area contributed by atoms with Crippen molar-refractivity contribution in [2.45, 2.75) is 32.4 Å². The van der Waals surface area contributed by atoms with Crippen molar-refractivity contribution in [3.05, 3.63) is 29.6 Å². The molecule has 2 heterocycles. The molecule has 0 radical (unpaired) electrons. The molecule has 0 spiro atoms. The number of aryl methyl sites for hydroxylation is 1. The van der Waals surface area contributed by atoms with Crippen molar-refractivity contribution in [1.82, 2.24) is 15.2 Å². The molecule has 16 heavy (non-hydrogen) atoms. The molecule has 0 amide bonds. The van der Waals surface area contributed by atoms with Gasteiger partial charge >= 0.3 is 0 Å². The van der Waals surface area contributed by atoms with Crippen molar-refractivity contribution >= 4 is 0 Å². The molecule has 1 saturated heterocycles. The van der Waals surface area contributed by atoms with Crippen molar-refractivity contribution in [2.24, 2.45) is 0 Å². The Labute approximate surface area is 97.9 Å². The monoisotopic (exact) mass is 219 g/mol. The molecule has 3 nitrogen and oxygen atoms in total. The molecule has 0 aliphatic carbocycles. The highest BCUT2D eigenvalue weighted by Crippen LogP contribution is 2.13. The van der Waals surface area contributed by atoms with Crippen LogP contribution in [-0.2, 0) is 6.54 Å². The Morgan fingerprint density at radius 1 is 1.56 bits per heavy atom. The fraction of sp³-hybridized carbons (Fsp3) is 0.615. The Kier molecular flexibility index (Phi) is 3.91. The minimum Gasteiger partial charge on any atom is -0.315 e. The first-order valence-electron chi connectivity index (χ1n) is 6.09. The van der Waals surface area contributed by atoms with E-state index < -0.39 is 0 Å². The van der Waals surface area contributed by atoms with E-state index in [0.29, 0.717) is 6.04 Å². The van der Waals surface area contributed by atoms with Gasteiger partial charge in [0.15, 0.2) is 0 Å². The third-order valence-electron chi connectivity index (χ3n) is 3.41. The smallest absolute Gasteiger partial charge is 0.0573 e. The third-order valence-corrected chi connectivity index (χ3v) is 3.41. The molecule has 0 aromatic carbocycles. The van der Waals surface area contributed by atoms with Gasteiger partial charge in [0, 0.05) is 25.3 Å². The van der Waals surface area contributed by atoms with Gasteiger partial charge in [0.1, 0.15) is 0 Å². The molecule has 1 unspecified atom stereocenters. The quantitative estimate of drug-likeness (QED) is 0.836. The fourth-order valence-electron chi connectivity index (χ4n) is 2.26. The molecule has 1 aromatic rings. The predicted octanol–water partition coefficient (Wildman–Crippen LogP) is 1.57. The summed E-state index contributed by atoms with van der Waals surface area (Å²) >= 11 is 0. The van der Waals surface area contributed by atoms with E-state index in [-0.39, 0.29) is 0 Å². The highest BCUT2D eigenvalue weighted by atomic mass is 15.2. The van der Waals surface area contributed by atoms with Gasteiger partial charge in [0.2, 0.25) is 0 Å². The molecule has 1 atom stereocenters. The highest BCUT2D eigenvalue weighted by molar-refractivity contribution is 5.17. The minimum atomic E-state index is 0.662. The van der Waals surface area contributed by atoms with E-state index in [0.717, 1.165) is 13.1 Å². The van der Waals surface area contributed by atoms with E-state index in [9.17, 15) is 0 Å². The number of rotatable bonds is 3. The van der Waals surface area contributed by atoms with Crippen LogP contribution in [-0.4, -0.2) is 36.1 Å². The molecule has 0 saturated carbocycles. The van der Waals surface area contributed by atoms with Crippen molar-refractivity contribution in [1.29, 1.82) is 0 Å². The lowest BCUT2D eigenvalue weighted by molar-refractivity contribution is 0.193. The Morgan fingerprint density at radius 3 is 3.12 bits per heavy atom. The van der Waals surface area contributed by atoms with Gasteiger partial charge in [-0.3, -0.25) is 9.88 Å². The van der Waals surface area contributed by atoms with Crippen molar-refractivity contribution in [2.75, 3.05) is 20.1 Å².